The van der Waals surface area contributed by atoms with Crippen LogP contribution >= 0.6 is 0 Å². The molecule has 0 aliphatic carbocycles. The zero-order valence-electron chi connectivity index (χ0n) is 11.7. The van der Waals surface area contributed by atoms with Crippen molar-refractivity contribution in [3.8, 4) is 11.5 Å². The van der Waals surface area contributed by atoms with E-state index in [9.17, 15) is 0 Å². The van der Waals surface area contributed by atoms with Crippen molar-refractivity contribution in [1.82, 2.24) is 10.2 Å². The lowest BCUT2D eigenvalue weighted by molar-refractivity contribution is 0.166. The molecule has 2 heterocycles. The van der Waals surface area contributed by atoms with Gasteiger partial charge in [-0.2, -0.15) is 0 Å². The van der Waals surface area contributed by atoms with Gasteiger partial charge in [0.2, 0.25) is 6.79 Å². The molecule has 0 amide bonds. The van der Waals surface area contributed by atoms with Crippen LogP contribution in [0.25, 0.3) is 0 Å². The van der Waals surface area contributed by atoms with Crippen molar-refractivity contribution in [2.24, 2.45) is 0 Å². The summed E-state index contributed by atoms with van der Waals surface area (Å²) in [6.07, 6.45) is 2.43. The average molecular weight is 262 g/mol. The highest BCUT2D eigenvalue weighted by Crippen LogP contribution is 2.35. The predicted octanol–water partition coefficient (Wildman–Crippen LogP) is 1.99. The summed E-state index contributed by atoms with van der Waals surface area (Å²) in [5.41, 5.74) is 1.20. The van der Waals surface area contributed by atoms with E-state index >= 15 is 0 Å². The monoisotopic (exact) mass is 262 g/mol. The first-order chi connectivity index (χ1) is 9.24. The van der Waals surface area contributed by atoms with Gasteiger partial charge in [-0.25, -0.2) is 0 Å². The van der Waals surface area contributed by atoms with E-state index in [1.54, 1.807) is 0 Å². The Kier molecular flexibility index (Phi) is 3.62. The van der Waals surface area contributed by atoms with Gasteiger partial charge in [0.1, 0.15) is 0 Å². The van der Waals surface area contributed by atoms with Crippen molar-refractivity contribution < 1.29 is 9.47 Å². The first-order valence-corrected chi connectivity index (χ1v) is 7.05. The van der Waals surface area contributed by atoms with Crippen LogP contribution in [-0.2, 0) is 6.54 Å². The molecule has 2 unspecified atom stereocenters. The first-order valence-electron chi connectivity index (χ1n) is 7.05. The van der Waals surface area contributed by atoms with Gasteiger partial charge in [0, 0.05) is 24.2 Å². The number of likely N-dealkylation sites (tertiary alicyclic amines) is 1. The fourth-order valence-corrected chi connectivity index (χ4v) is 2.86. The Labute approximate surface area is 114 Å². The van der Waals surface area contributed by atoms with Gasteiger partial charge >= 0.3 is 0 Å². The highest BCUT2D eigenvalue weighted by Gasteiger charge is 2.23. The van der Waals surface area contributed by atoms with Crippen molar-refractivity contribution in [3.05, 3.63) is 23.8 Å². The molecule has 0 saturated carbocycles. The van der Waals surface area contributed by atoms with Crippen LogP contribution in [0.4, 0.5) is 0 Å². The highest BCUT2D eigenvalue weighted by molar-refractivity contribution is 5.48. The lowest BCUT2D eigenvalue weighted by atomic mass is 9.98. The number of piperidine rings is 1. The third-order valence-electron chi connectivity index (χ3n) is 4.27. The second kappa shape index (κ2) is 5.39. The van der Waals surface area contributed by atoms with Gasteiger partial charge < -0.3 is 19.7 Å². The zero-order valence-corrected chi connectivity index (χ0v) is 11.7. The third kappa shape index (κ3) is 2.69. The van der Waals surface area contributed by atoms with Gasteiger partial charge in [-0.1, -0.05) is 12.1 Å². The Hall–Kier alpha value is -1.26. The van der Waals surface area contributed by atoms with Crippen molar-refractivity contribution in [3.63, 3.8) is 0 Å². The molecule has 4 nitrogen and oxygen atoms in total. The Balaban J connectivity index is 1.60. The van der Waals surface area contributed by atoms with Crippen molar-refractivity contribution in [2.75, 3.05) is 20.4 Å². The van der Waals surface area contributed by atoms with E-state index in [4.69, 9.17) is 9.47 Å². The molecule has 3 rings (SSSR count). The first kappa shape index (κ1) is 12.8. The SMILES string of the molecule is CC1CC(NCc2cccc3c2OCO3)CCN1C. The third-order valence-corrected chi connectivity index (χ3v) is 4.27. The Morgan fingerprint density at radius 3 is 3.11 bits per heavy atom. The molecular weight excluding hydrogens is 240 g/mol. The van der Waals surface area contributed by atoms with Crippen LogP contribution in [0.3, 0.4) is 0 Å². The Morgan fingerprint density at radius 2 is 2.26 bits per heavy atom. The largest absolute Gasteiger partial charge is 0.454 e. The Morgan fingerprint density at radius 1 is 1.37 bits per heavy atom. The van der Waals surface area contributed by atoms with Gasteiger partial charge in [-0.05, 0) is 39.4 Å². The van der Waals surface area contributed by atoms with E-state index in [2.05, 4.69) is 30.3 Å². The summed E-state index contributed by atoms with van der Waals surface area (Å²) in [4.78, 5) is 2.43. The van der Waals surface area contributed by atoms with Gasteiger partial charge in [0.25, 0.3) is 0 Å². The second-order valence-electron chi connectivity index (χ2n) is 5.58. The van der Waals surface area contributed by atoms with Crippen LogP contribution in [0.15, 0.2) is 18.2 Å². The van der Waals surface area contributed by atoms with Gasteiger partial charge in [0.15, 0.2) is 11.5 Å². The maximum absolute atomic E-state index is 5.54. The smallest absolute Gasteiger partial charge is 0.231 e. The molecule has 0 aromatic heterocycles. The summed E-state index contributed by atoms with van der Waals surface area (Å²) < 4.78 is 10.9. The average Bonchev–Trinajstić information content (AvgIpc) is 2.89. The van der Waals surface area contributed by atoms with Crippen LogP contribution in [0.1, 0.15) is 25.3 Å². The second-order valence-corrected chi connectivity index (χ2v) is 5.58. The minimum atomic E-state index is 0.345. The minimum Gasteiger partial charge on any atom is -0.454 e. The molecule has 1 N–H and O–H groups in total. The fourth-order valence-electron chi connectivity index (χ4n) is 2.86. The standard InChI is InChI=1S/C15H22N2O2/c1-11-8-13(6-7-17(11)2)16-9-12-4-3-5-14-15(12)19-10-18-14/h3-5,11,13,16H,6-10H2,1-2H3. The van der Waals surface area contributed by atoms with Crippen LogP contribution in [0.5, 0.6) is 11.5 Å². The highest BCUT2D eigenvalue weighted by atomic mass is 16.7. The van der Waals surface area contributed by atoms with Crippen LogP contribution < -0.4 is 14.8 Å². The number of nitrogens with zero attached hydrogens (tertiary/aromatic N) is 1. The molecule has 19 heavy (non-hydrogen) atoms. The number of rotatable bonds is 3. The molecule has 1 fully saturated rings. The topological polar surface area (TPSA) is 33.7 Å². The van der Waals surface area contributed by atoms with E-state index in [0.29, 0.717) is 18.9 Å². The van der Waals surface area contributed by atoms with E-state index < -0.39 is 0 Å². The summed E-state index contributed by atoms with van der Waals surface area (Å²) >= 11 is 0. The minimum absolute atomic E-state index is 0.345. The molecular formula is C15H22N2O2. The Bertz CT molecular complexity index is 450. The molecule has 0 spiro atoms. The molecule has 104 valence electrons. The van der Waals surface area contributed by atoms with Crippen LogP contribution in [0, 0.1) is 0 Å². The number of benzene rings is 1. The maximum atomic E-state index is 5.54. The van der Waals surface area contributed by atoms with Crippen molar-refractivity contribution >= 4 is 0 Å². The van der Waals surface area contributed by atoms with Crippen LogP contribution in [0.2, 0.25) is 0 Å². The van der Waals surface area contributed by atoms with Gasteiger partial charge in [-0.3, -0.25) is 0 Å². The molecule has 2 aliphatic rings. The normalized spacial score (nSPS) is 26.6. The number of ether oxygens (including phenoxy) is 2. The number of nitrogens with one attached hydrogen (secondary N) is 1. The summed E-state index contributed by atoms with van der Waals surface area (Å²) in [6, 6.07) is 7.36. The number of fused-ring (bicyclic) bond motifs is 1. The summed E-state index contributed by atoms with van der Waals surface area (Å²) in [7, 11) is 2.20. The number of para-hydroxylation sites is 1. The molecule has 4 heteroatoms. The molecule has 2 atom stereocenters. The molecule has 1 aromatic rings. The lowest BCUT2D eigenvalue weighted by Crippen LogP contribution is -2.45. The van der Waals surface area contributed by atoms with Gasteiger partial charge in [-0.15, -0.1) is 0 Å². The summed E-state index contributed by atoms with van der Waals surface area (Å²) in [5.74, 6) is 1.78. The van der Waals surface area contributed by atoms with Crippen LogP contribution in [-0.4, -0.2) is 37.4 Å². The number of hydrogen-bond donors (Lipinski definition) is 1. The summed E-state index contributed by atoms with van der Waals surface area (Å²) in [5, 5.41) is 3.66. The molecule has 1 saturated heterocycles. The van der Waals surface area contributed by atoms with E-state index in [0.717, 1.165) is 18.0 Å². The van der Waals surface area contributed by atoms with E-state index in [-0.39, 0.29) is 0 Å². The molecule has 1 aromatic carbocycles. The lowest BCUT2D eigenvalue weighted by Gasteiger charge is -2.35. The van der Waals surface area contributed by atoms with E-state index in [1.807, 2.05) is 12.1 Å². The number of hydrogen-bond acceptors (Lipinski definition) is 4. The maximum Gasteiger partial charge on any atom is 0.231 e. The fraction of sp³-hybridized carbons (Fsp3) is 0.600. The van der Waals surface area contributed by atoms with Crippen molar-refractivity contribution in [1.29, 1.82) is 0 Å². The molecule has 0 radical (unpaired) electrons. The molecule has 0 bridgehead atoms. The van der Waals surface area contributed by atoms with E-state index in [1.165, 1.54) is 24.9 Å². The van der Waals surface area contributed by atoms with Gasteiger partial charge in [0.05, 0.1) is 0 Å². The zero-order chi connectivity index (χ0) is 13.2. The molecule has 2 aliphatic heterocycles. The predicted molar refractivity (Wildman–Crippen MR) is 74.5 cm³/mol. The summed E-state index contributed by atoms with van der Waals surface area (Å²) in [6.45, 7) is 4.67. The van der Waals surface area contributed by atoms with Crippen molar-refractivity contribution in [2.45, 2.75) is 38.4 Å². The quantitative estimate of drug-likeness (QED) is 0.903.